The van der Waals surface area contributed by atoms with Crippen LogP contribution in [0.1, 0.15) is 25.9 Å². The first-order valence-electron chi connectivity index (χ1n) is 5.45. The van der Waals surface area contributed by atoms with Crippen molar-refractivity contribution in [2.24, 2.45) is 0 Å². The second-order valence-electron chi connectivity index (χ2n) is 4.05. The Balaban J connectivity index is 2.22. The fourth-order valence-electron chi connectivity index (χ4n) is 1.60. The van der Waals surface area contributed by atoms with E-state index in [0.29, 0.717) is 0 Å². The Hall–Kier alpha value is -1.88. The van der Waals surface area contributed by atoms with Crippen LogP contribution in [0.2, 0.25) is 0 Å². The highest BCUT2D eigenvalue weighted by molar-refractivity contribution is 7.11. The number of thiazole rings is 1. The molecule has 0 saturated heterocycles. The van der Waals surface area contributed by atoms with E-state index in [1.807, 2.05) is 13.8 Å². The van der Waals surface area contributed by atoms with Crippen molar-refractivity contribution >= 4 is 17.1 Å². The minimum Gasteiger partial charge on any atom is -0.508 e. The van der Waals surface area contributed by atoms with Gasteiger partial charge in [0.05, 0.1) is 17.7 Å². The molecule has 94 valence electrons. The number of carbonyl (C=O) groups is 1. The molecule has 0 saturated carbocycles. The van der Waals surface area contributed by atoms with Crippen molar-refractivity contribution in [3.8, 4) is 11.5 Å². The Labute approximate surface area is 109 Å². The van der Waals surface area contributed by atoms with E-state index in [0.717, 1.165) is 21.6 Å². The van der Waals surface area contributed by atoms with Crippen molar-refractivity contribution < 1.29 is 15.0 Å². The molecule has 0 spiro atoms. The number of hydrogen-bond acceptors (Lipinski definition) is 5. The van der Waals surface area contributed by atoms with E-state index in [4.69, 9.17) is 5.11 Å². The van der Waals surface area contributed by atoms with Crippen LogP contribution >= 0.6 is 11.3 Å². The molecule has 0 aliphatic rings. The summed E-state index contributed by atoms with van der Waals surface area (Å²) >= 11 is 1.48. The molecule has 0 fully saturated rings. The first kappa shape index (κ1) is 12.6. The number of nitrogens with zero attached hydrogens (tertiary/aromatic N) is 1. The largest absolute Gasteiger partial charge is 0.508 e. The van der Waals surface area contributed by atoms with E-state index in [1.165, 1.54) is 23.5 Å². The summed E-state index contributed by atoms with van der Waals surface area (Å²) in [5.41, 5.74) is 1.14. The number of Topliss-reactive ketones (excluding diaryl/α,β-unsaturated/α-hetero) is 1. The molecule has 2 rings (SSSR count). The van der Waals surface area contributed by atoms with Gasteiger partial charge in [0.25, 0.3) is 0 Å². The van der Waals surface area contributed by atoms with E-state index in [9.17, 15) is 9.90 Å². The zero-order valence-corrected chi connectivity index (χ0v) is 10.9. The van der Waals surface area contributed by atoms with Crippen molar-refractivity contribution in [3.05, 3.63) is 39.3 Å². The van der Waals surface area contributed by atoms with Crippen molar-refractivity contribution in [3.63, 3.8) is 0 Å². The molecule has 0 amide bonds. The number of aromatic nitrogens is 1. The van der Waals surface area contributed by atoms with Crippen LogP contribution in [0.4, 0.5) is 0 Å². The molecule has 2 aromatic rings. The van der Waals surface area contributed by atoms with Gasteiger partial charge in [-0.1, -0.05) is 0 Å². The lowest BCUT2D eigenvalue weighted by Gasteiger charge is -2.02. The predicted octanol–water partition coefficient (Wildman–Crippen LogP) is 2.60. The molecule has 0 atom stereocenters. The fraction of sp³-hybridized carbons (Fsp3) is 0.231. The molecule has 0 radical (unpaired) electrons. The van der Waals surface area contributed by atoms with Crippen molar-refractivity contribution in [1.82, 2.24) is 4.98 Å². The molecule has 5 heteroatoms. The number of carbonyl (C=O) groups excluding carboxylic acids is 1. The zero-order chi connectivity index (χ0) is 13.3. The van der Waals surface area contributed by atoms with E-state index < -0.39 is 0 Å². The number of phenolic OH excluding ortho intramolecular Hbond substituents is 2. The van der Waals surface area contributed by atoms with E-state index in [2.05, 4.69) is 4.98 Å². The van der Waals surface area contributed by atoms with Crippen molar-refractivity contribution in [2.45, 2.75) is 20.3 Å². The third-order valence-electron chi connectivity index (χ3n) is 2.67. The first-order valence-corrected chi connectivity index (χ1v) is 6.27. The van der Waals surface area contributed by atoms with Gasteiger partial charge in [-0.3, -0.25) is 4.79 Å². The number of ketones is 1. The highest BCUT2D eigenvalue weighted by Crippen LogP contribution is 2.25. The maximum atomic E-state index is 12.0. The maximum absolute atomic E-state index is 12.0. The van der Waals surface area contributed by atoms with Crippen molar-refractivity contribution in [2.75, 3.05) is 0 Å². The van der Waals surface area contributed by atoms with E-state index in [1.54, 1.807) is 0 Å². The van der Waals surface area contributed by atoms with Gasteiger partial charge in [0.2, 0.25) is 0 Å². The Kier molecular flexibility index (Phi) is 3.34. The average Bonchev–Trinajstić information content (AvgIpc) is 2.57. The lowest BCUT2D eigenvalue weighted by atomic mass is 10.1. The number of hydrogen-bond donors (Lipinski definition) is 2. The highest BCUT2D eigenvalue weighted by Gasteiger charge is 2.15. The van der Waals surface area contributed by atoms with Gasteiger partial charge in [-0.25, -0.2) is 4.98 Å². The SMILES string of the molecule is Cc1nc(CC(=O)c2ccc(O)cc2O)sc1C. The van der Waals surface area contributed by atoms with Crippen LogP contribution in [0.15, 0.2) is 18.2 Å². The standard InChI is InChI=1S/C13H13NO3S/c1-7-8(2)18-13(14-7)6-12(17)10-4-3-9(15)5-11(10)16/h3-5,15-16H,6H2,1-2H3. The molecule has 4 nitrogen and oxygen atoms in total. The second-order valence-corrected chi connectivity index (χ2v) is 5.34. The molecule has 0 unspecified atom stereocenters. The maximum Gasteiger partial charge on any atom is 0.173 e. The molecule has 0 aliphatic heterocycles. The third kappa shape index (κ3) is 2.51. The minimum atomic E-state index is -0.207. The molecular formula is C13H13NO3S. The minimum absolute atomic E-state index is 0.0648. The summed E-state index contributed by atoms with van der Waals surface area (Å²) in [6.07, 6.45) is 0.164. The molecule has 0 aliphatic carbocycles. The Morgan fingerprint density at radius 2 is 2.06 bits per heavy atom. The van der Waals surface area contributed by atoms with Crippen LogP contribution in [-0.4, -0.2) is 21.0 Å². The number of phenols is 2. The quantitative estimate of drug-likeness (QED) is 0.835. The van der Waals surface area contributed by atoms with Gasteiger partial charge in [-0.05, 0) is 26.0 Å². The van der Waals surface area contributed by atoms with E-state index in [-0.39, 0.29) is 29.3 Å². The molecule has 2 N–H and O–H groups in total. The van der Waals surface area contributed by atoms with Crippen LogP contribution in [0, 0.1) is 13.8 Å². The lowest BCUT2D eigenvalue weighted by Crippen LogP contribution is -2.03. The Morgan fingerprint density at radius 3 is 2.61 bits per heavy atom. The summed E-state index contributed by atoms with van der Waals surface area (Å²) in [4.78, 5) is 17.4. The van der Waals surface area contributed by atoms with Gasteiger partial charge in [0, 0.05) is 10.9 Å². The normalized spacial score (nSPS) is 10.6. The molecular weight excluding hydrogens is 250 g/mol. The Morgan fingerprint density at radius 1 is 1.33 bits per heavy atom. The molecule has 1 aromatic carbocycles. The monoisotopic (exact) mass is 263 g/mol. The smallest absolute Gasteiger partial charge is 0.173 e. The molecule has 18 heavy (non-hydrogen) atoms. The number of aryl methyl sites for hydroxylation is 2. The summed E-state index contributed by atoms with van der Waals surface area (Å²) in [5.74, 6) is -0.476. The van der Waals surface area contributed by atoms with Crippen LogP contribution in [0.5, 0.6) is 11.5 Å². The van der Waals surface area contributed by atoms with Gasteiger partial charge >= 0.3 is 0 Å². The third-order valence-corrected chi connectivity index (χ3v) is 3.74. The topological polar surface area (TPSA) is 70.4 Å². The van der Waals surface area contributed by atoms with Crippen LogP contribution in [0.3, 0.4) is 0 Å². The summed E-state index contributed by atoms with van der Waals surface area (Å²) in [5, 5.41) is 19.5. The average molecular weight is 263 g/mol. The van der Waals surface area contributed by atoms with E-state index >= 15 is 0 Å². The lowest BCUT2D eigenvalue weighted by molar-refractivity contribution is 0.0990. The number of aromatic hydroxyl groups is 2. The van der Waals surface area contributed by atoms with Gasteiger partial charge in [0.15, 0.2) is 5.78 Å². The van der Waals surface area contributed by atoms with Crippen LogP contribution in [0.25, 0.3) is 0 Å². The van der Waals surface area contributed by atoms with Gasteiger partial charge < -0.3 is 10.2 Å². The number of benzene rings is 1. The molecule has 0 bridgehead atoms. The second kappa shape index (κ2) is 4.78. The van der Waals surface area contributed by atoms with Gasteiger partial charge in [-0.15, -0.1) is 11.3 Å². The Bertz CT molecular complexity index is 585. The van der Waals surface area contributed by atoms with Crippen LogP contribution in [-0.2, 0) is 6.42 Å². The van der Waals surface area contributed by atoms with Gasteiger partial charge in [-0.2, -0.15) is 0 Å². The molecule has 1 heterocycles. The zero-order valence-electron chi connectivity index (χ0n) is 10.1. The number of rotatable bonds is 3. The summed E-state index contributed by atoms with van der Waals surface area (Å²) < 4.78 is 0. The highest BCUT2D eigenvalue weighted by atomic mass is 32.1. The summed E-state index contributed by atoms with van der Waals surface area (Å²) in [7, 11) is 0. The predicted molar refractivity (Wildman–Crippen MR) is 69.4 cm³/mol. The first-order chi connectivity index (χ1) is 8.47. The summed E-state index contributed by atoms with van der Waals surface area (Å²) in [6, 6.07) is 3.96. The van der Waals surface area contributed by atoms with Crippen molar-refractivity contribution in [1.29, 1.82) is 0 Å². The molecule has 1 aromatic heterocycles. The fourth-order valence-corrected chi connectivity index (χ4v) is 2.54. The summed E-state index contributed by atoms with van der Waals surface area (Å²) in [6.45, 7) is 3.86. The van der Waals surface area contributed by atoms with Gasteiger partial charge in [0.1, 0.15) is 16.5 Å². The van der Waals surface area contributed by atoms with Crippen LogP contribution < -0.4 is 0 Å².